The first-order chi connectivity index (χ1) is 13.8. The van der Waals surface area contributed by atoms with Crippen molar-refractivity contribution >= 4 is 17.7 Å². The number of halogens is 3. The predicted octanol–water partition coefficient (Wildman–Crippen LogP) is 4.84. The minimum atomic E-state index is -3.68. The Morgan fingerprint density at radius 3 is 2.41 bits per heavy atom. The molecule has 0 aliphatic carbocycles. The van der Waals surface area contributed by atoms with Crippen molar-refractivity contribution in [1.82, 2.24) is 4.98 Å². The molecule has 0 spiro atoms. The third-order valence-corrected chi connectivity index (χ3v) is 4.29. The van der Waals surface area contributed by atoms with Gasteiger partial charge in [0.1, 0.15) is 11.5 Å². The number of carbonyl (C=O) groups excluding carboxylic acids is 1. The fraction of sp³-hybridized carbons (Fsp3) is 0.0952. The number of hydrogen-bond donors (Lipinski definition) is 0. The van der Waals surface area contributed by atoms with Crippen LogP contribution in [-0.4, -0.2) is 23.3 Å². The fourth-order valence-electron chi connectivity index (χ4n) is 2.97. The first kappa shape index (κ1) is 18.7. The molecule has 2 heterocycles. The number of aryl methyl sites for hydroxylation is 1. The first-order valence-electron chi connectivity index (χ1n) is 8.50. The number of ether oxygens (including phenoxy) is 2. The van der Waals surface area contributed by atoms with E-state index in [9.17, 15) is 18.0 Å². The molecular weight excluding hydrogens is 385 g/mol. The van der Waals surface area contributed by atoms with Crippen LogP contribution >= 0.6 is 0 Å². The molecule has 0 radical (unpaired) electrons. The van der Waals surface area contributed by atoms with Gasteiger partial charge in [0, 0.05) is 11.8 Å². The fourth-order valence-corrected chi connectivity index (χ4v) is 2.97. The highest BCUT2D eigenvalue weighted by molar-refractivity contribution is 6.36. The molecule has 146 valence electrons. The third-order valence-electron chi connectivity index (χ3n) is 4.29. The van der Waals surface area contributed by atoms with Gasteiger partial charge in [-0.2, -0.15) is 0 Å². The highest BCUT2D eigenvalue weighted by Gasteiger charge is 2.43. The topological polar surface area (TPSA) is 60.8 Å². The molecule has 0 fully saturated rings. The summed E-state index contributed by atoms with van der Waals surface area (Å²) in [6.07, 6.45) is -0.782. The zero-order valence-corrected chi connectivity index (χ0v) is 15.0. The molecule has 1 aliphatic rings. The van der Waals surface area contributed by atoms with Crippen LogP contribution in [0.3, 0.4) is 0 Å². The Bertz CT molecular complexity index is 1130. The number of nitrogens with zero attached hydrogens (tertiary/aromatic N) is 2. The molecule has 0 amide bonds. The second kappa shape index (κ2) is 7.05. The van der Waals surface area contributed by atoms with Gasteiger partial charge in [-0.15, -0.1) is 8.78 Å². The van der Waals surface area contributed by atoms with E-state index in [0.717, 1.165) is 17.3 Å². The molecule has 2 aromatic carbocycles. The van der Waals surface area contributed by atoms with Crippen LogP contribution in [0.2, 0.25) is 0 Å². The number of carbonyl (C=O) groups is 1. The van der Waals surface area contributed by atoms with Crippen LogP contribution in [-0.2, 0) is 4.79 Å². The summed E-state index contributed by atoms with van der Waals surface area (Å²) in [4.78, 5) is 19.3. The molecule has 0 saturated heterocycles. The Hall–Kier alpha value is -3.68. The van der Waals surface area contributed by atoms with E-state index < -0.39 is 12.1 Å². The number of alkyl halides is 2. The number of rotatable bonds is 4. The van der Waals surface area contributed by atoms with Gasteiger partial charge in [-0.05, 0) is 53.9 Å². The smallest absolute Gasteiger partial charge is 0.395 e. The van der Waals surface area contributed by atoms with Crippen molar-refractivity contribution in [2.45, 2.75) is 13.2 Å². The second-order valence-corrected chi connectivity index (χ2v) is 6.33. The summed E-state index contributed by atoms with van der Waals surface area (Å²) >= 11 is 0. The summed E-state index contributed by atoms with van der Waals surface area (Å²) < 4.78 is 48.8. The Kier molecular flexibility index (Phi) is 4.54. The van der Waals surface area contributed by atoms with Gasteiger partial charge in [-0.1, -0.05) is 12.1 Å². The van der Waals surface area contributed by atoms with Crippen LogP contribution in [0.4, 0.5) is 18.9 Å². The van der Waals surface area contributed by atoms with Gasteiger partial charge in [0.15, 0.2) is 17.8 Å². The molecule has 8 heteroatoms. The van der Waals surface area contributed by atoms with E-state index in [1.165, 1.54) is 24.4 Å². The first-order valence-corrected chi connectivity index (χ1v) is 8.50. The molecule has 0 unspecified atom stereocenters. The van der Waals surface area contributed by atoms with Crippen molar-refractivity contribution in [3.63, 3.8) is 0 Å². The average Bonchev–Trinajstić information content (AvgIpc) is 2.98. The normalized spacial score (nSPS) is 14.7. The molecule has 5 nitrogen and oxygen atoms in total. The van der Waals surface area contributed by atoms with Crippen molar-refractivity contribution < 1.29 is 27.4 Å². The van der Waals surface area contributed by atoms with Crippen molar-refractivity contribution in [1.29, 1.82) is 0 Å². The van der Waals surface area contributed by atoms with Gasteiger partial charge in [0.2, 0.25) is 0 Å². The minimum absolute atomic E-state index is 0.0169. The van der Waals surface area contributed by atoms with E-state index in [-0.39, 0.29) is 22.8 Å². The number of benzene rings is 2. The largest absolute Gasteiger partial charge is 0.586 e. The highest BCUT2D eigenvalue weighted by atomic mass is 19.3. The molecule has 0 saturated carbocycles. The van der Waals surface area contributed by atoms with Crippen LogP contribution in [0, 0.1) is 12.7 Å². The molecule has 0 N–H and O–H groups in total. The van der Waals surface area contributed by atoms with Crippen LogP contribution in [0.15, 0.2) is 59.9 Å². The summed E-state index contributed by atoms with van der Waals surface area (Å²) in [6, 6.07) is 10.9. The van der Waals surface area contributed by atoms with Crippen molar-refractivity contribution in [2.24, 2.45) is 4.99 Å². The van der Waals surface area contributed by atoms with Crippen LogP contribution < -0.4 is 9.47 Å². The zero-order valence-electron chi connectivity index (χ0n) is 15.0. The number of aromatic nitrogens is 1. The third kappa shape index (κ3) is 3.82. The Morgan fingerprint density at radius 1 is 1.07 bits per heavy atom. The maximum absolute atomic E-state index is 13.3. The molecule has 3 aromatic rings. The van der Waals surface area contributed by atoms with Crippen LogP contribution in [0.25, 0.3) is 11.1 Å². The van der Waals surface area contributed by atoms with Crippen molar-refractivity contribution in [2.75, 3.05) is 0 Å². The maximum Gasteiger partial charge on any atom is 0.586 e. The lowest BCUT2D eigenvalue weighted by atomic mass is 9.99. The predicted molar refractivity (Wildman–Crippen MR) is 99.3 cm³/mol. The van der Waals surface area contributed by atoms with Gasteiger partial charge < -0.3 is 9.47 Å². The SMILES string of the molecule is Cc1cc2c(cc1-c1ccc(N=C(C=O)c3cncc(F)c3)cc1)OC(F)(F)O2. The maximum atomic E-state index is 13.3. The van der Waals surface area contributed by atoms with Crippen molar-refractivity contribution in [3.8, 4) is 22.6 Å². The Labute approximate surface area is 163 Å². The number of aldehydes is 1. The summed E-state index contributed by atoms with van der Waals surface area (Å²) in [7, 11) is 0. The van der Waals surface area contributed by atoms with Gasteiger partial charge >= 0.3 is 6.29 Å². The average molecular weight is 398 g/mol. The van der Waals surface area contributed by atoms with E-state index in [1.54, 1.807) is 31.2 Å². The lowest BCUT2D eigenvalue weighted by Gasteiger charge is -2.08. The summed E-state index contributed by atoms with van der Waals surface area (Å²) in [6.45, 7) is 1.77. The van der Waals surface area contributed by atoms with E-state index in [4.69, 9.17) is 0 Å². The van der Waals surface area contributed by atoms with E-state index >= 15 is 0 Å². The summed E-state index contributed by atoms with van der Waals surface area (Å²) in [5, 5.41) is 0. The molecule has 1 aliphatic heterocycles. The number of fused-ring (bicyclic) bond motifs is 1. The van der Waals surface area contributed by atoms with Gasteiger partial charge in [0.05, 0.1) is 11.9 Å². The lowest BCUT2D eigenvalue weighted by Crippen LogP contribution is -2.25. The molecule has 0 bridgehead atoms. The molecule has 0 atom stereocenters. The van der Waals surface area contributed by atoms with Crippen LogP contribution in [0.1, 0.15) is 11.1 Å². The number of pyridine rings is 1. The zero-order chi connectivity index (χ0) is 20.6. The Balaban J connectivity index is 1.64. The Morgan fingerprint density at radius 2 is 1.76 bits per heavy atom. The molecule has 29 heavy (non-hydrogen) atoms. The lowest BCUT2D eigenvalue weighted by molar-refractivity contribution is -0.286. The van der Waals surface area contributed by atoms with Crippen molar-refractivity contribution in [3.05, 3.63) is 71.8 Å². The number of hydrogen-bond acceptors (Lipinski definition) is 5. The van der Waals surface area contributed by atoms with Gasteiger partial charge in [-0.3, -0.25) is 9.78 Å². The standard InChI is InChI=1S/C21H13F3N2O3/c1-12-6-19-20(29-21(23,24)28-19)8-17(12)13-2-4-16(5-3-13)26-18(11-27)14-7-15(22)10-25-9-14/h2-11H,1H3. The van der Waals surface area contributed by atoms with Gasteiger partial charge in [0.25, 0.3) is 0 Å². The summed E-state index contributed by atoms with van der Waals surface area (Å²) in [5.41, 5.74) is 2.90. The monoisotopic (exact) mass is 398 g/mol. The van der Waals surface area contributed by atoms with Gasteiger partial charge in [-0.25, -0.2) is 9.38 Å². The quantitative estimate of drug-likeness (QED) is 0.466. The molecule has 1 aromatic heterocycles. The molecular formula is C21H13F3N2O3. The van der Waals surface area contributed by atoms with Crippen LogP contribution in [0.5, 0.6) is 11.5 Å². The van der Waals surface area contributed by atoms with E-state index in [2.05, 4.69) is 19.5 Å². The summed E-state index contributed by atoms with van der Waals surface area (Å²) in [5.74, 6) is -0.632. The van der Waals surface area contributed by atoms with E-state index in [1.807, 2.05) is 0 Å². The van der Waals surface area contributed by atoms with E-state index in [0.29, 0.717) is 17.5 Å². The molecule has 4 rings (SSSR count). The highest BCUT2D eigenvalue weighted by Crippen LogP contribution is 2.44. The number of aliphatic imine (C=N–C) groups is 1. The second-order valence-electron chi connectivity index (χ2n) is 6.33. The minimum Gasteiger partial charge on any atom is -0.395 e.